The van der Waals surface area contributed by atoms with E-state index in [9.17, 15) is 10.1 Å². The van der Waals surface area contributed by atoms with Gasteiger partial charge in [0.15, 0.2) is 0 Å². The largest absolute Gasteiger partial charge is 0.489 e. The van der Waals surface area contributed by atoms with Crippen LogP contribution in [0.25, 0.3) is 0 Å². The summed E-state index contributed by atoms with van der Waals surface area (Å²) in [6.07, 6.45) is 0. The van der Waals surface area contributed by atoms with Crippen LogP contribution in [0.3, 0.4) is 0 Å². The summed E-state index contributed by atoms with van der Waals surface area (Å²) in [6.45, 7) is 12.7. The fourth-order valence-electron chi connectivity index (χ4n) is 1.71. The molecule has 0 atom stereocenters. The first-order chi connectivity index (χ1) is 9.31. The van der Waals surface area contributed by atoms with E-state index in [1.54, 1.807) is 26.0 Å². The van der Waals surface area contributed by atoms with Crippen LogP contribution in [0.4, 0.5) is 5.69 Å². The third kappa shape index (κ3) is 4.66. The number of nitrogens with zero attached hydrogens (tertiary/aromatic N) is 1. The molecule has 1 aromatic rings. The SMILES string of the molecule is C=C(CNC(C)C)COc1cc(C)c([N+](=O)[O-])cc1C. The Balaban J connectivity index is 2.67. The molecule has 0 saturated heterocycles. The Bertz CT molecular complexity index is 510. The predicted octanol–water partition coefficient (Wildman–Crippen LogP) is 3.14. The van der Waals surface area contributed by atoms with E-state index in [1.165, 1.54) is 0 Å². The molecular weight excluding hydrogens is 256 g/mol. The summed E-state index contributed by atoms with van der Waals surface area (Å²) >= 11 is 0. The first-order valence-electron chi connectivity index (χ1n) is 6.59. The van der Waals surface area contributed by atoms with Gasteiger partial charge in [-0.2, -0.15) is 0 Å². The maximum absolute atomic E-state index is 10.8. The molecule has 5 heteroatoms. The second kappa shape index (κ2) is 7.05. The highest BCUT2D eigenvalue weighted by molar-refractivity contribution is 5.49. The van der Waals surface area contributed by atoms with E-state index in [4.69, 9.17) is 4.74 Å². The van der Waals surface area contributed by atoms with Gasteiger partial charge in [0.25, 0.3) is 5.69 Å². The molecule has 1 N–H and O–H groups in total. The van der Waals surface area contributed by atoms with E-state index < -0.39 is 0 Å². The van der Waals surface area contributed by atoms with Gasteiger partial charge in [0.2, 0.25) is 0 Å². The summed E-state index contributed by atoms with van der Waals surface area (Å²) in [5, 5.41) is 14.1. The molecule has 5 nitrogen and oxygen atoms in total. The average Bonchev–Trinajstić information content (AvgIpc) is 2.36. The second-order valence-corrected chi connectivity index (χ2v) is 5.24. The van der Waals surface area contributed by atoms with Crippen molar-refractivity contribution in [3.8, 4) is 5.75 Å². The topological polar surface area (TPSA) is 64.4 Å². The number of benzene rings is 1. The molecule has 20 heavy (non-hydrogen) atoms. The van der Waals surface area contributed by atoms with E-state index in [0.717, 1.165) is 11.1 Å². The lowest BCUT2D eigenvalue weighted by atomic mass is 10.1. The lowest BCUT2D eigenvalue weighted by molar-refractivity contribution is -0.385. The van der Waals surface area contributed by atoms with Gasteiger partial charge in [-0.15, -0.1) is 0 Å². The Hall–Kier alpha value is -1.88. The number of ether oxygens (including phenoxy) is 1. The van der Waals surface area contributed by atoms with Crippen molar-refractivity contribution in [1.29, 1.82) is 0 Å². The summed E-state index contributed by atoms with van der Waals surface area (Å²) in [6, 6.07) is 3.64. The number of hydrogen-bond donors (Lipinski definition) is 1. The Kier molecular flexibility index (Phi) is 5.70. The Morgan fingerprint density at radius 1 is 1.40 bits per heavy atom. The van der Waals surface area contributed by atoms with Crippen molar-refractivity contribution in [1.82, 2.24) is 5.32 Å². The van der Waals surface area contributed by atoms with E-state index in [1.807, 2.05) is 0 Å². The summed E-state index contributed by atoms with van der Waals surface area (Å²) in [5.74, 6) is 0.666. The van der Waals surface area contributed by atoms with E-state index >= 15 is 0 Å². The number of hydrogen-bond acceptors (Lipinski definition) is 4. The van der Waals surface area contributed by atoms with Gasteiger partial charge in [-0.25, -0.2) is 0 Å². The first kappa shape index (κ1) is 16.2. The molecule has 0 saturated carbocycles. The third-order valence-corrected chi connectivity index (χ3v) is 2.88. The second-order valence-electron chi connectivity index (χ2n) is 5.24. The lowest BCUT2D eigenvalue weighted by Gasteiger charge is -2.13. The van der Waals surface area contributed by atoms with E-state index in [-0.39, 0.29) is 10.6 Å². The summed E-state index contributed by atoms with van der Waals surface area (Å²) < 4.78 is 5.68. The van der Waals surface area contributed by atoms with Crippen LogP contribution >= 0.6 is 0 Å². The molecule has 0 aliphatic carbocycles. The molecule has 0 aromatic heterocycles. The highest BCUT2D eigenvalue weighted by Gasteiger charge is 2.14. The number of rotatable bonds is 7. The Morgan fingerprint density at radius 2 is 2.05 bits per heavy atom. The number of nitro groups is 1. The van der Waals surface area contributed by atoms with Gasteiger partial charge in [-0.3, -0.25) is 10.1 Å². The molecule has 0 radical (unpaired) electrons. The normalized spacial score (nSPS) is 10.7. The lowest BCUT2D eigenvalue weighted by Crippen LogP contribution is -2.26. The monoisotopic (exact) mass is 278 g/mol. The molecule has 0 heterocycles. The van der Waals surface area contributed by atoms with Crippen molar-refractivity contribution >= 4 is 5.69 Å². The molecule has 0 fully saturated rings. The highest BCUT2D eigenvalue weighted by Crippen LogP contribution is 2.27. The van der Waals surface area contributed by atoms with Crippen LogP contribution in [-0.4, -0.2) is 24.1 Å². The summed E-state index contributed by atoms with van der Waals surface area (Å²) in [4.78, 5) is 10.5. The van der Waals surface area contributed by atoms with Gasteiger partial charge in [0.1, 0.15) is 12.4 Å². The summed E-state index contributed by atoms with van der Waals surface area (Å²) in [5.41, 5.74) is 2.41. The molecule has 0 aliphatic heterocycles. The maximum Gasteiger partial charge on any atom is 0.272 e. The van der Waals surface area contributed by atoms with Crippen molar-refractivity contribution < 1.29 is 9.66 Å². The highest BCUT2D eigenvalue weighted by atomic mass is 16.6. The van der Waals surface area contributed by atoms with Crippen LogP contribution in [0.15, 0.2) is 24.3 Å². The fraction of sp³-hybridized carbons (Fsp3) is 0.467. The van der Waals surface area contributed by atoms with Crippen molar-refractivity contribution in [2.75, 3.05) is 13.2 Å². The van der Waals surface area contributed by atoms with Crippen molar-refractivity contribution in [3.05, 3.63) is 45.5 Å². The third-order valence-electron chi connectivity index (χ3n) is 2.88. The van der Waals surface area contributed by atoms with E-state index in [0.29, 0.717) is 30.5 Å². The fourth-order valence-corrected chi connectivity index (χ4v) is 1.71. The van der Waals surface area contributed by atoms with Crippen LogP contribution in [0.5, 0.6) is 5.75 Å². The molecule has 0 amide bonds. The van der Waals surface area contributed by atoms with Crippen molar-refractivity contribution in [2.24, 2.45) is 0 Å². The van der Waals surface area contributed by atoms with E-state index in [2.05, 4.69) is 25.7 Å². The van der Waals surface area contributed by atoms with Crippen molar-refractivity contribution in [3.63, 3.8) is 0 Å². The van der Waals surface area contributed by atoms with Gasteiger partial charge in [-0.1, -0.05) is 20.4 Å². The molecule has 1 rings (SSSR count). The minimum absolute atomic E-state index is 0.121. The summed E-state index contributed by atoms with van der Waals surface area (Å²) in [7, 11) is 0. The quantitative estimate of drug-likeness (QED) is 0.473. The zero-order chi connectivity index (χ0) is 15.3. The molecule has 0 spiro atoms. The van der Waals surface area contributed by atoms with Gasteiger partial charge >= 0.3 is 0 Å². The first-order valence-corrected chi connectivity index (χ1v) is 6.59. The average molecular weight is 278 g/mol. The minimum Gasteiger partial charge on any atom is -0.489 e. The van der Waals surface area contributed by atoms with Crippen LogP contribution in [0, 0.1) is 24.0 Å². The Morgan fingerprint density at radius 3 is 2.60 bits per heavy atom. The Labute approximate surface area is 119 Å². The minimum atomic E-state index is -0.377. The van der Waals surface area contributed by atoms with Crippen LogP contribution < -0.4 is 10.1 Å². The number of nitro benzene ring substituents is 1. The number of nitrogens with one attached hydrogen (secondary N) is 1. The van der Waals surface area contributed by atoms with Crippen LogP contribution in [0.1, 0.15) is 25.0 Å². The zero-order valence-corrected chi connectivity index (χ0v) is 12.5. The molecule has 0 bridgehead atoms. The molecule has 0 unspecified atom stereocenters. The standard InChI is InChI=1S/C15H22N2O3/c1-10(2)16-8-11(3)9-20-15-7-12(4)14(17(18)19)6-13(15)5/h6-7,10,16H,3,8-9H2,1-2,4-5H3. The zero-order valence-electron chi connectivity index (χ0n) is 12.5. The van der Waals surface area contributed by atoms with Crippen LogP contribution in [0.2, 0.25) is 0 Å². The van der Waals surface area contributed by atoms with Crippen molar-refractivity contribution in [2.45, 2.75) is 33.7 Å². The van der Waals surface area contributed by atoms with Crippen LogP contribution in [-0.2, 0) is 0 Å². The van der Waals surface area contributed by atoms with Gasteiger partial charge < -0.3 is 10.1 Å². The van der Waals surface area contributed by atoms with Gasteiger partial charge in [-0.05, 0) is 31.1 Å². The van der Waals surface area contributed by atoms with Gasteiger partial charge in [0, 0.05) is 24.2 Å². The maximum atomic E-state index is 10.8. The molecule has 1 aromatic carbocycles. The molecular formula is C15H22N2O3. The predicted molar refractivity (Wildman–Crippen MR) is 80.3 cm³/mol. The van der Waals surface area contributed by atoms with Gasteiger partial charge in [0.05, 0.1) is 4.92 Å². The molecule has 110 valence electrons. The molecule has 0 aliphatic rings. The number of aryl methyl sites for hydroxylation is 2. The smallest absolute Gasteiger partial charge is 0.272 e.